The van der Waals surface area contributed by atoms with Crippen LogP contribution in [0, 0.1) is 0 Å². The largest absolute Gasteiger partial charge is 0.310 e. The number of fused-ring (bicyclic) bond motifs is 10. The molecule has 320 valence electrons. The van der Waals surface area contributed by atoms with Crippen molar-refractivity contribution >= 4 is 62.0 Å². The molecule has 3 nitrogen and oxygen atoms in total. The molecule has 68 heavy (non-hydrogen) atoms. The van der Waals surface area contributed by atoms with Crippen molar-refractivity contribution in [3.05, 3.63) is 295 Å². The van der Waals surface area contributed by atoms with Crippen LogP contribution in [0.5, 0.6) is 0 Å². The van der Waals surface area contributed by atoms with Crippen molar-refractivity contribution in [2.24, 2.45) is 0 Å². The molecule has 0 atom stereocenters. The summed E-state index contributed by atoms with van der Waals surface area (Å²) < 4.78 is 0. The second kappa shape index (κ2) is 16.2. The first-order valence-electron chi connectivity index (χ1n) is 23.4. The van der Waals surface area contributed by atoms with Crippen LogP contribution in [0.1, 0.15) is 22.3 Å². The molecule has 2 aliphatic rings. The van der Waals surface area contributed by atoms with Gasteiger partial charge in [0.1, 0.15) is 0 Å². The number of hydrogen-bond acceptors (Lipinski definition) is 3. The highest BCUT2D eigenvalue weighted by Gasteiger charge is 2.52. The fourth-order valence-electron chi connectivity index (χ4n) is 11.1. The summed E-state index contributed by atoms with van der Waals surface area (Å²) in [4.78, 5) is 7.29. The summed E-state index contributed by atoms with van der Waals surface area (Å²) in [7, 11) is 0. The maximum Gasteiger partial charge on any atom is 0.0754 e. The molecule has 1 aliphatic carbocycles. The zero-order valence-electron chi connectivity index (χ0n) is 37.3. The third kappa shape index (κ3) is 6.21. The Hall–Kier alpha value is -8.92. The van der Waals surface area contributed by atoms with Crippen molar-refractivity contribution < 1.29 is 0 Å². The summed E-state index contributed by atoms with van der Waals surface area (Å²) in [5.74, 6) is 0. The van der Waals surface area contributed by atoms with E-state index < -0.39 is 5.41 Å². The quantitative estimate of drug-likeness (QED) is 0.151. The molecule has 11 aromatic rings. The molecule has 0 N–H and O–H groups in total. The minimum absolute atomic E-state index is 0.609. The van der Waals surface area contributed by atoms with Gasteiger partial charge >= 0.3 is 0 Å². The zero-order valence-corrected chi connectivity index (χ0v) is 37.3. The second-order valence-corrected chi connectivity index (χ2v) is 17.7. The SMILES string of the molecule is c1ccc(N(c2ccc(-c3cc4c(cc3N(c3ccccc3)c3ccccc3)N(c3ccccc3)c3ccccc3C43c4ccccc4-c4ccccc43)cc2)c2ccc3ccccc3c2)cc1. The summed E-state index contributed by atoms with van der Waals surface area (Å²) in [5.41, 5.74) is 19.2. The maximum absolute atomic E-state index is 2.53. The van der Waals surface area contributed by atoms with Crippen LogP contribution in [0.25, 0.3) is 33.0 Å². The Balaban J connectivity index is 1.11. The van der Waals surface area contributed by atoms with E-state index in [1.807, 2.05) is 0 Å². The molecule has 0 saturated carbocycles. The molecular formula is C65H45N3. The van der Waals surface area contributed by atoms with E-state index in [1.165, 1.54) is 49.8 Å². The summed E-state index contributed by atoms with van der Waals surface area (Å²) in [5, 5.41) is 2.43. The van der Waals surface area contributed by atoms with Crippen molar-refractivity contribution in [3.8, 4) is 22.3 Å². The molecule has 0 fully saturated rings. The van der Waals surface area contributed by atoms with E-state index >= 15 is 0 Å². The van der Waals surface area contributed by atoms with Gasteiger partial charge < -0.3 is 14.7 Å². The molecule has 0 bridgehead atoms. The number of benzene rings is 11. The Morgan fingerprint density at radius 3 is 1.37 bits per heavy atom. The Labute approximate surface area is 397 Å². The van der Waals surface area contributed by atoms with Crippen LogP contribution >= 0.6 is 0 Å². The molecule has 13 rings (SSSR count). The lowest BCUT2D eigenvalue weighted by Gasteiger charge is -2.46. The predicted molar refractivity (Wildman–Crippen MR) is 284 cm³/mol. The fourth-order valence-corrected chi connectivity index (χ4v) is 11.1. The number of rotatable bonds is 8. The summed E-state index contributed by atoms with van der Waals surface area (Å²) in [6.45, 7) is 0. The van der Waals surface area contributed by atoms with Crippen LogP contribution < -0.4 is 14.7 Å². The predicted octanol–water partition coefficient (Wildman–Crippen LogP) is 17.6. The van der Waals surface area contributed by atoms with Crippen molar-refractivity contribution in [2.75, 3.05) is 14.7 Å². The maximum atomic E-state index is 2.53. The molecule has 0 unspecified atom stereocenters. The molecule has 1 spiro atoms. The molecular weight excluding hydrogens is 823 g/mol. The van der Waals surface area contributed by atoms with Gasteiger partial charge in [0.15, 0.2) is 0 Å². The highest BCUT2D eigenvalue weighted by Crippen LogP contribution is 2.64. The van der Waals surface area contributed by atoms with E-state index in [9.17, 15) is 0 Å². The van der Waals surface area contributed by atoms with E-state index in [0.717, 1.165) is 56.6 Å². The van der Waals surface area contributed by atoms with E-state index in [4.69, 9.17) is 0 Å². The van der Waals surface area contributed by atoms with Gasteiger partial charge in [-0.25, -0.2) is 0 Å². The summed E-state index contributed by atoms with van der Waals surface area (Å²) >= 11 is 0. The first-order valence-corrected chi connectivity index (χ1v) is 23.4. The van der Waals surface area contributed by atoms with Crippen molar-refractivity contribution in [1.29, 1.82) is 0 Å². The molecule has 0 amide bonds. The van der Waals surface area contributed by atoms with Crippen LogP contribution in [-0.4, -0.2) is 0 Å². The normalized spacial score (nSPS) is 12.8. The smallest absolute Gasteiger partial charge is 0.0754 e. The topological polar surface area (TPSA) is 9.72 Å². The average Bonchev–Trinajstić information content (AvgIpc) is 3.71. The second-order valence-electron chi connectivity index (χ2n) is 17.7. The van der Waals surface area contributed by atoms with Gasteiger partial charge in [-0.05, 0) is 141 Å². The van der Waals surface area contributed by atoms with Crippen LogP contribution in [0.3, 0.4) is 0 Å². The van der Waals surface area contributed by atoms with E-state index in [0.29, 0.717) is 0 Å². The van der Waals surface area contributed by atoms with Gasteiger partial charge in [0.05, 0.1) is 22.5 Å². The standard InChI is InChI=1S/C65H45N3/c1-5-23-49(24-6-1)66(54-42-37-46-21-13-14-22-48(46)43-54)53-40-38-47(39-41-53)57-44-61-64(45-63(57)67(50-25-7-2-8-26-50)51-27-9-3-10-28-51)68(52-29-11-4-12-30-52)62-36-20-19-35-60(62)65(61)58-33-17-15-31-55(58)56-32-16-18-34-59(56)65/h1-45H. The summed E-state index contributed by atoms with van der Waals surface area (Å²) in [6, 6.07) is 100.0. The van der Waals surface area contributed by atoms with Crippen LogP contribution in [-0.2, 0) is 5.41 Å². The highest BCUT2D eigenvalue weighted by molar-refractivity contribution is 6.01. The third-order valence-electron chi connectivity index (χ3n) is 14.0. The van der Waals surface area contributed by atoms with Gasteiger partial charge in [-0.2, -0.15) is 0 Å². The molecule has 0 saturated heterocycles. The molecule has 0 radical (unpaired) electrons. The van der Waals surface area contributed by atoms with Crippen molar-refractivity contribution in [2.45, 2.75) is 5.41 Å². The van der Waals surface area contributed by atoms with Crippen LogP contribution in [0.2, 0.25) is 0 Å². The lowest BCUT2D eigenvalue weighted by atomic mass is 9.64. The van der Waals surface area contributed by atoms with Gasteiger partial charge in [0, 0.05) is 39.7 Å². The number of anilines is 9. The highest BCUT2D eigenvalue weighted by atomic mass is 15.2. The Bertz CT molecular complexity index is 3540. The zero-order chi connectivity index (χ0) is 45.0. The minimum Gasteiger partial charge on any atom is -0.310 e. The fraction of sp³-hybridized carbons (Fsp3) is 0.0154. The molecule has 1 heterocycles. The lowest BCUT2D eigenvalue weighted by molar-refractivity contribution is 0.753. The molecule has 0 aromatic heterocycles. The minimum atomic E-state index is -0.609. The number of nitrogens with zero attached hydrogens (tertiary/aromatic N) is 3. The van der Waals surface area contributed by atoms with Gasteiger partial charge in [0.2, 0.25) is 0 Å². The lowest BCUT2D eigenvalue weighted by Crippen LogP contribution is -2.36. The van der Waals surface area contributed by atoms with E-state index in [1.54, 1.807) is 0 Å². The Morgan fingerprint density at radius 2 is 0.750 bits per heavy atom. The Kier molecular flexibility index (Phi) is 9.40. The average molecular weight is 868 g/mol. The van der Waals surface area contributed by atoms with Crippen LogP contribution in [0.15, 0.2) is 273 Å². The number of hydrogen-bond donors (Lipinski definition) is 0. The molecule has 1 aliphatic heterocycles. The van der Waals surface area contributed by atoms with E-state index in [2.05, 4.69) is 288 Å². The molecule has 3 heteroatoms. The monoisotopic (exact) mass is 867 g/mol. The third-order valence-corrected chi connectivity index (χ3v) is 14.0. The first kappa shape index (κ1) is 39.4. The van der Waals surface area contributed by atoms with Gasteiger partial charge in [-0.3, -0.25) is 0 Å². The van der Waals surface area contributed by atoms with Crippen molar-refractivity contribution in [3.63, 3.8) is 0 Å². The van der Waals surface area contributed by atoms with Gasteiger partial charge in [-0.1, -0.05) is 182 Å². The summed E-state index contributed by atoms with van der Waals surface area (Å²) in [6.07, 6.45) is 0. The number of para-hydroxylation sites is 5. The van der Waals surface area contributed by atoms with Gasteiger partial charge in [0.25, 0.3) is 0 Å². The van der Waals surface area contributed by atoms with Gasteiger partial charge in [-0.15, -0.1) is 0 Å². The van der Waals surface area contributed by atoms with Crippen LogP contribution in [0.4, 0.5) is 51.2 Å². The van der Waals surface area contributed by atoms with E-state index in [-0.39, 0.29) is 0 Å². The first-order chi connectivity index (χ1) is 33.8. The molecule has 11 aromatic carbocycles. The van der Waals surface area contributed by atoms with Crippen molar-refractivity contribution in [1.82, 2.24) is 0 Å². The Morgan fingerprint density at radius 1 is 0.279 bits per heavy atom.